The third-order valence-corrected chi connectivity index (χ3v) is 5.38. The van der Waals surface area contributed by atoms with Crippen molar-refractivity contribution >= 4 is 11.9 Å². The fraction of sp³-hybridized carbons (Fsp3) is 0.636. The zero-order valence-corrected chi connectivity index (χ0v) is 20.6. The molecule has 1 aromatic rings. The first kappa shape index (κ1) is 32.4. The van der Waals surface area contributed by atoms with Gasteiger partial charge in [-0.2, -0.15) is 26.3 Å². The summed E-state index contributed by atoms with van der Waals surface area (Å²) in [7, 11) is 5.99. The molecule has 0 unspecified atom stereocenters. The Bertz CT molecular complexity index is 827. The van der Waals surface area contributed by atoms with Crippen LogP contribution in [-0.2, 0) is 20.9 Å². The first-order valence-electron chi connectivity index (χ1n) is 11.0. The molecule has 0 amide bonds. The lowest BCUT2D eigenvalue weighted by molar-refractivity contribution is -0.193. The van der Waals surface area contributed by atoms with Crippen molar-refractivity contribution in [3.8, 4) is 5.75 Å². The Balaban J connectivity index is 0.000000404. The molecule has 37 heavy (non-hydrogen) atoms. The molecule has 2 N–H and O–H groups in total. The SMILES string of the molecule is COc1ccc(CN2C[C@@H]3OCCN(CCN(C)C)[C@@H]3C2)cc1.O=C(O)C(F)(F)F.O=C(O)C(F)(F)F. The van der Waals surface area contributed by atoms with Crippen molar-refractivity contribution in [1.29, 1.82) is 0 Å². The number of aliphatic carboxylic acids is 2. The summed E-state index contributed by atoms with van der Waals surface area (Å²) in [5.74, 6) is -4.60. The van der Waals surface area contributed by atoms with E-state index in [0.717, 1.165) is 51.6 Å². The number of morpholine rings is 1. The highest BCUT2D eigenvalue weighted by molar-refractivity contribution is 5.73. The quantitative estimate of drug-likeness (QED) is 0.520. The summed E-state index contributed by atoms with van der Waals surface area (Å²) < 4.78 is 74.7. The number of fused-ring (bicyclic) bond motifs is 1. The van der Waals surface area contributed by atoms with Gasteiger partial charge in [-0.25, -0.2) is 9.59 Å². The summed E-state index contributed by atoms with van der Waals surface area (Å²) >= 11 is 0. The molecule has 2 atom stereocenters. The minimum atomic E-state index is -5.08. The smallest absolute Gasteiger partial charge is 0.490 e. The summed E-state index contributed by atoms with van der Waals surface area (Å²) in [4.78, 5) is 25.2. The van der Waals surface area contributed by atoms with E-state index in [2.05, 4.69) is 40.9 Å². The first-order valence-corrected chi connectivity index (χ1v) is 11.0. The maximum absolute atomic E-state index is 10.6. The van der Waals surface area contributed by atoms with Crippen molar-refractivity contribution in [2.24, 2.45) is 0 Å². The van der Waals surface area contributed by atoms with Crippen LogP contribution in [0.5, 0.6) is 5.75 Å². The van der Waals surface area contributed by atoms with E-state index in [1.807, 2.05) is 12.1 Å². The fourth-order valence-electron chi connectivity index (χ4n) is 3.56. The molecule has 2 fully saturated rings. The van der Waals surface area contributed by atoms with Crippen LogP contribution in [0.15, 0.2) is 24.3 Å². The number of carboxylic acids is 2. The molecule has 15 heteroatoms. The number of carboxylic acid groups (broad SMARTS) is 2. The number of halogens is 6. The molecule has 0 aliphatic carbocycles. The van der Waals surface area contributed by atoms with Crippen molar-refractivity contribution in [3.63, 3.8) is 0 Å². The van der Waals surface area contributed by atoms with Crippen LogP contribution in [0.2, 0.25) is 0 Å². The van der Waals surface area contributed by atoms with E-state index in [1.54, 1.807) is 7.11 Å². The molecule has 2 heterocycles. The maximum Gasteiger partial charge on any atom is 0.490 e. The Morgan fingerprint density at radius 1 is 1.03 bits per heavy atom. The van der Waals surface area contributed by atoms with Crippen LogP contribution in [0.3, 0.4) is 0 Å². The minimum Gasteiger partial charge on any atom is -0.497 e. The van der Waals surface area contributed by atoms with E-state index in [0.29, 0.717) is 12.1 Å². The van der Waals surface area contributed by atoms with Crippen LogP contribution in [0, 0.1) is 0 Å². The van der Waals surface area contributed by atoms with Gasteiger partial charge in [0, 0.05) is 45.3 Å². The van der Waals surface area contributed by atoms with Crippen LogP contribution in [0.4, 0.5) is 26.3 Å². The predicted octanol–water partition coefficient (Wildman–Crippen LogP) is 2.41. The second-order valence-electron chi connectivity index (χ2n) is 8.46. The van der Waals surface area contributed by atoms with Crippen molar-refractivity contribution in [2.75, 3.05) is 60.5 Å². The van der Waals surface area contributed by atoms with Crippen LogP contribution in [0.25, 0.3) is 0 Å². The molecular weight excluding hydrogens is 516 g/mol. The topological polar surface area (TPSA) is 103 Å². The second kappa shape index (κ2) is 14.4. The number of hydrogen-bond acceptors (Lipinski definition) is 7. The molecule has 1 aromatic carbocycles. The number of nitrogens with zero attached hydrogens (tertiary/aromatic N) is 3. The molecule has 0 saturated carbocycles. The van der Waals surface area contributed by atoms with Gasteiger partial charge in [-0.15, -0.1) is 0 Å². The van der Waals surface area contributed by atoms with Crippen molar-refractivity contribution in [2.45, 2.75) is 31.0 Å². The Kier molecular flexibility index (Phi) is 12.6. The number of ether oxygens (including phenoxy) is 2. The highest BCUT2D eigenvalue weighted by atomic mass is 19.4. The summed E-state index contributed by atoms with van der Waals surface area (Å²) in [5.41, 5.74) is 1.34. The van der Waals surface area contributed by atoms with Gasteiger partial charge in [0.25, 0.3) is 0 Å². The molecule has 0 spiro atoms. The van der Waals surface area contributed by atoms with E-state index in [9.17, 15) is 26.3 Å². The van der Waals surface area contributed by atoms with Crippen molar-refractivity contribution in [3.05, 3.63) is 29.8 Å². The Labute approximate surface area is 210 Å². The Morgan fingerprint density at radius 3 is 1.97 bits per heavy atom. The molecule has 0 bridgehead atoms. The van der Waals surface area contributed by atoms with Gasteiger partial charge in [-0.05, 0) is 31.8 Å². The zero-order chi connectivity index (χ0) is 28.4. The molecule has 2 saturated heterocycles. The average Bonchev–Trinajstić information content (AvgIpc) is 3.20. The molecule has 2 aliphatic heterocycles. The van der Waals surface area contributed by atoms with Gasteiger partial charge in [0.15, 0.2) is 0 Å². The van der Waals surface area contributed by atoms with Gasteiger partial charge in [0.2, 0.25) is 0 Å². The van der Waals surface area contributed by atoms with Gasteiger partial charge in [-0.3, -0.25) is 9.80 Å². The number of carbonyl (C=O) groups is 2. The number of methoxy groups -OCH3 is 1. The number of hydrogen-bond donors (Lipinski definition) is 2. The zero-order valence-electron chi connectivity index (χ0n) is 20.6. The van der Waals surface area contributed by atoms with Crippen LogP contribution < -0.4 is 4.74 Å². The standard InChI is InChI=1S/C18H29N3O2.2C2HF3O2/c1-19(2)8-9-21-10-11-23-18-14-20(13-17(18)21)12-15-4-6-16(22-3)7-5-15;2*3-2(4,5)1(6)7/h4-7,17-18H,8-14H2,1-3H3;2*(H,6,7)/t17-,18+;;/m1../s1. The normalized spacial score (nSPS) is 20.3. The van der Waals surface area contributed by atoms with Gasteiger partial charge >= 0.3 is 24.3 Å². The lowest BCUT2D eigenvalue weighted by Crippen LogP contribution is -2.52. The predicted molar refractivity (Wildman–Crippen MR) is 119 cm³/mol. The summed E-state index contributed by atoms with van der Waals surface area (Å²) in [6.45, 7) is 7.30. The van der Waals surface area contributed by atoms with Crippen molar-refractivity contribution in [1.82, 2.24) is 14.7 Å². The molecular formula is C22H31F6N3O6. The number of likely N-dealkylation sites (N-methyl/N-ethyl adjacent to an activating group) is 1. The Hall–Kier alpha value is -2.62. The van der Waals surface area contributed by atoms with Gasteiger partial charge < -0.3 is 24.6 Å². The van der Waals surface area contributed by atoms with Gasteiger partial charge in [-0.1, -0.05) is 12.1 Å². The van der Waals surface area contributed by atoms with E-state index < -0.39 is 24.3 Å². The molecule has 0 aromatic heterocycles. The lowest BCUT2D eigenvalue weighted by atomic mass is 10.1. The van der Waals surface area contributed by atoms with Gasteiger partial charge in [0.05, 0.1) is 19.8 Å². The van der Waals surface area contributed by atoms with E-state index in [-0.39, 0.29) is 0 Å². The Morgan fingerprint density at radius 2 is 1.54 bits per heavy atom. The van der Waals surface area contributed by atoms with E-state index in [4.69, 9.17) is 29.3 Å². The number of alkyl halides is 6. The van der Waals surface area contributed by atoms with Crippen molar-refractivity contribution < 1.29 is 55.6 Å². The highest BCUT2D eigenvalue weighted by Crippen LogP contribution is 2.24. The monoisotopic (exact) mass is 547 g/mol. The maximum atomic E-state index is 10.6. The number of rotatable bonds is 6. The molecule has 9 nitrogen and oxygen atoms in total. The highest BCUT2D eigenvalue weighted by Gasteiger charge is 2.40. The third kappa shape index (κ3) is 12.0. The summed E-state index contributed by atoms with van der Waals surface area (Å²) in [5, 5.41) is 14.2. The van der Waals surface area contributed by atoms with Crippen LogP contribution in [0.1, 0.15) is 5.56 Å². The molecule has 2 aliphatic rings. The number of likely N-dealkylation sites (tertiary alicyclic amines) is 1. The molecule has 212 valence electrons. The van der Waals surface area contributed by atoms with Crippen LogP contribution >= 0.6 is 0 Å². The number of benzene rings is 1. The average molecular weight is 547 g/mol. The van der Waals surface area contributed by atoms with E-state index >= 15 is 0 Å². The summed E-state index contributed by atoms with van der Waals surface area (Å²) in [6.07, 6.45) is -9.80. The first-order chi connectivity index (χ1) is 17.0. The molecule has 3 rings (SSSR count). The van der Waals surface area contributed by atoms with Crippen LogP contribution in [-0.4, -0.2) is 122 Å². The van der Waals surface area contributed by atoms with E-state index in [1.165, 1.54) is 5.56 Å². The van der Waals surface area contributed by atoms with Gasteiger partial charge in [0.1, 0.15) is 5.75 Å². The lowest BCUT2D eigenvalue weighted by Gasteiger charge is -2.37. The fourth-order valence-corrected chi connectivity index (χ4v) is 3.56. The summed E-state index contributed by atoms with van der Waals surface area (Å²) in [6, 6.07) is 8.94. The molecule has 0 radical (unpaired) electrons. The third-order valence-electron chi connectivity index (χ3n) is 5.38. The largest absolute Gasteiger partial charge is 0.497 e. The second-order valence-corrected chi connectivity index (χ2v) is 8.46. The minimum absolute atomic E-state index is 0.365.